The molecule has 8 aromatic rings. The van der Waals surface area contributed by atoms with Crippen LogP contribution in [-0.2, 0) is 6.42 Å². The molecule has 0 N–H and O–H groups in total. The fourth-order valence-electron chi connectivity index (χ4n) is 7.69. The lowest BCUT2D eigenvalue weighted by atomic mass is 9.93. The Kier molecular flexibility index (Phi) is 6.70. The number of benzene rings is 6. The molecule has 2 aromatic heterocycles. The number of aromatic nitrogens is 2. The Bertz CT molecular complexity index is 2810. The van der Waals surface area contributed by atoms with Gasteiger partial charge < -0.3 is 9.13 Å². The lowest BCUT2D eigenvalue weighted by molar-refractivity contribution is 0.887. The van der Waals surface area contributed by atoms with Crippen molar-refractivity contribution < 1.29 is 0 Å². The van der Waals surface area contributed by atoms with Crippen molar-refractivity contribution >= 4 is 38.8 Å². The second kappa shape index (κ2) is 11.5. The lowest BCUT2D eigenvalue weighted by Gasteiger charge is -2.17. The van der Waals surface area contributed by atoms with Crippen LogP contribution in [0.4, 0.5) is 0 Å². The van der Waals surface area contributed by atoms with Crippen LogP contribution in [0.25, 0.3) is 72.4 Å². The monoisotopic (exact) mass is 637 g/mol. The van der Waals surface area contributed by atoms with Gasteiger partial charge in [0.1, 0.15) is 6.07 Å². The van der Waals surface area contributed by atoms with Crippen LogP contribution >= 0.6 is 0 Å². The minimum Gasteiger partial charge on any atom is -0.312 e. The van der Waals surface area contributed by atoms with Crippen LogP contribution in [0.2, 0.25) is 0 Å². The fraction of sp³-hybridized carbons (Fsp3) is 0.0444. The first-order chi connectivity index (χ1) is 24.7. The largest absolute Gasteiger partial charge is 0.312 e. The van der Waals surface area contributed by atoms with Gasteiger partial charge in [0.15, 0.2) is 0 Å². The smallest absolute Gasteiger partial charge is 0.101 e. The van der Waals surface area contributed by atoms with E-state index in [1.807, 2.05) is 48.5 Å². The summed E-state index contributed by atoms with van der Waals surface area (Å²) in [6.45, 7) is 0. The normalized spacial score (nSPS) is 12.1. The molecule has 50 heavy (non-hydrogen) atoms. The molecule has 0 bridgehead atoms. The summed E-state index contributed by atoms with van der Waals surface area (Å²) in [5, 5.41) is 33.7. The van der Waals surface area contributed by atoms with Crippen LogP contribution in [0, 0.1) is 34.0 Å². The Morgan fingerprint density at radius 1 is 0.500 bits per heavy atom. The molecular weight excluding hydrogens is 611 g/mol. The number of hydrogen-bond acceptors (Lipinski definition) is 3. The first-order valence-electron chi connectivity index (χ1n) is 16.6. The van der Waals surface area contributed by atoms with Crippen LogP contribution in [0.3, 0.4) is 0 Å². The molecule has 0 fully saturated rings. The Balaban J connectivity index is 1.25. The van der Waals surface area contributed by atoms with Crippen LogP contribution < -0.4 is 0 Å². The van der Waals surface area contributed by atoms with Crippen LogP contribution in [-0.4, -0.2) is 9.13 Å². The van der Waals surface area contributed by atoms with Crippen molar-refractivity contribution in [1.82, 2.24) is 9.13 Å². The van der Waals surface area contributed by atoms with Crippen molar-refractivity contribution in [2.24, 2.45) is 0 Å². The van der Waals surface area contributed by atoms with Gasteiger partial charge in [0.05, 0.1) is 56.8 Å². The summed E-state index contributed by atoms with van der Waals surface area (Å²) in [4.78, 5) is 0. The third-order valence-electron chi connectivity index (χ3n) is 9.92. The third-order valence-corrected chi connectivity index (χ3v) is 9.92. The van der Waals surface area contributed by atoms with E-state index in [9.17, 15) is 15.8 Å². The number of fused-ring (bicyclic) bond motifs is 6. The van der Waals surface area contributed by atoms with Gasteiger partial charge in [-0.15, -0.1) is 0 Å². The summed E-state index contributed by atoms with van der Waals surface area (Å²) in [6.07, 6.45) is 5.99. The minimum absolute atomic E-state index is 0.540. The molecule has 5 heteroatoms. The molecule has 0 saturated heterocycles. The highest BCUT2D eigenvalue weighted by molar-refractivity contribution is 6.09. The topological polar surface area (TPSA) is 81.2 Å². The molecule has 2 heterocycles. The first-order valence-corrected chi connectivity index (χ1v) is 16.6. The molecular formula is C45H27N5. The van der Waals surface area contributed by atoms with E-state index in [0.717, 1.165) is 79.7 Å². The summed E-state index contributed by atoms with van der Waals surface area (Å²) in [5.41, 5.74) is 12.6. The second-order valence-electron chi connectivity index (χ2n) is 12.6. The van der Waals surface area contributed by atoms with E-state index in [0.29, 0.717) is 16.7 Å². The van der Waals surface area contributed by atoms with Crippen LogP contribution in [0.5, 0.6) is 0 Å². The number of para-hydroxylation sites is 3. The maximum absolute atomic E-state index is 10.3. The van der Waals surface area contributed by atoms with E-state index in [2.05, 4.69) is 118 Å². The molecule has 232 valence electrons. The molecule has 0 spiro atoms. The molecule has 1 aliphatic carbocycles. The quantitative estimate of drug-likeness (QED) is 0.193. The number of rotatable bonds is 4. The van der Waals surface area contributed by atoms with E-state index >= 15 is 0 Å². The predicted octanol–water partition coefficient (Wildman–Crippen LogP) is 10.6. The molecule has 5 nitrogen and oxygen atoms in total. The summed E-state index contributed by atoms with van der Waals surface area (Å²) in [5.74, 6) is 0. The molecule has 6 aromatic carbocycles. The molecule has 0 aliphatic heterocycles. The fourth-order valence-corrected chi connectivity index (χ4v) is 7.69. The first kappa shape index (κ1) is 29.0. The molecule has 0 amide bonds. The number of nitrogens with zero attached hydrogens (tertiary/aromatic N) is 5. The predicted molar refractivity (Wildman–Crippen MR) is 200 cm³/mol. The van der Waals surface area contributed by atoms with Gasteiger partial charge in [0.2, 0.25) is 0 Å². The van der Waals surface area contributed by atoms with Gasteiger partial charge in [-0.2, -0.15) is 15.8 Å². The van der Waals surface area contributed by atoms with E-state index in [1.165, 1.54) is 10.8 Å². The van der Waals surface area contributed by atoms with Gasteiger partial charge in [0, 0.05) is 38.5 Å². The van der Waals surface area contributed by atoms with Crippen molar-refractivity contribution in [3.63, 3.8) is 0 Å². The Hall–Kier alpha value is -7.13. The van der Waals surface area contributed by atoms with E-state index in [4.69, 9.17) is 0 Å². The van der Waals surface area contributed by atoms with Gasteiger partial charge in [0.25, 0.3) is 0 Å². The highest BCUT2D eigenvalue weighted by Gasteiger charge is 2.22. The van der Waals surface area contributed by atoms with Crippen molar-refractivity contribution in [2.45, 2.75) is 12.8 Å². The third kappa shape index (κ3) is 4.37. The SMILES string of the molecule is N#Cc1ccc2c(c1)c1c(n2-c2cc(-c3cc(-c4ccccc4-n4c5ccccc5c5ccccc54)ccc3C#N)ccc2C#N)CCC=C1. The standard InChI is InChI=1S/C45H27N5/c46-26-29-17-22-44-39(23-29)37-12-4-8-16-43(37)50(44)45-25-31(19-21-33(45)28-48)38-24-30(18-20-32(38)27-47)34-9-1-5-13-40(34)49-41-14-6-2-10-35(41)36-11-3-7-15-42(36)49/h1-7,9-15,17-25H,8,16H2. The number of nitriles is 3. The zero-order valence-corrected chi connectivity index (χ0v) is 26.9. The van der Waals surface area contributed by atoms with Gasteiger partial charge in [-0.3, -0.25) is 0 Å². The molecule has 9 rings (SSSR count). The van der Waals surface area contributed by atoms with Crippen molar-refractivity contribution in [3.05, 3.63) is 161 Å². The molecule has 0 radical (unpaired) electrons. The summed E-state index contributed by atoms with van der Waals surface area (Å²) in [7, 11) is 0. The van der Waals surface area contributed by atoms with Gasteiger partial charge in [-0.1, -0.05) is 78.9 Å². The summed E-state index contributed by atoms with van der Waals surface area (Å²) in [6, 6.07) is 50.1. The maximum Gasteiger partial charge on any atom is 0.101 e. The van der Waals surface area contributed by atoms with Gasteiger partial charge in [-0.05, 0) is 84.6 Å². The molecule has 1 aliphatic rings. The lowest BCUT2D eigenvalue weighted by Crippen LogP contribution is -2.05. The minimum atomic E-state index is 0.540. The van der Waals surface area contributed by atoms with E-state index < -0.39 is 0 Å². The highest BCUT2D eigenvalue weighted by atomic mass is 15.0. The number of hydrogen-bond donors (Lipinski definition) is 0. The Morgan fingerprint density at radius 2 is 1.16 bits per heavy atom. The highest BCUT2D eigenvalue weighted by Crippen LogP contribution is 2.40. The van der Waals surface area contributed by atoms with Crippen molar-refractivity contribution in [3.8, 4) is 51.8 Å². The van der Waals surface area contributed by atoms with Gasteiger partial charge >= 0.3 is 0 Å². The van der Waals surface area contributed by atoms with Crippen LogP contribution in [0.15, 0.2) is 133 Å². The molecule has 0 unspecified atom stereocenters. The zero-order chi connectivity index (χ0) is 33.8. The molecule has 0 atom stereocenters. The van der Waals surface area contributed by atoms with Crippen LogP contribution in [0.1, 0.15) is 34.4 Å². The van der Waals surface area contributed by atoms with Crippen molar-refractivity contribution in [2.75, 3.05) is 0 Å². The Labute approximate surface area is 289 Å². The van der Waals surface area contributed by atoms with Crippen molar-refractivity contribution in [1.29, 1.82) is 15.8 Å². The second-order valence-corrected chi connectivity index (χ2v) is 12.6. The van der Waals surface area contributed by atoms with E-state index in [-0.39, 0.29) is 0 Å². The maximum atomic E-state index is 10.3. The summed E-state index contributed by atoms with van der Waals surface area (Å²) < 4.78 is 4.50. The van der Waals surface area contributed by atoms with Gasteiger partial charge in [-0.25, -0.2) is 0 Å². The number of allylic oxidation sites excluding steroid dienone is 1. The average molecular weight is 638 g/mol. The molecule has 0 saturated carbocycles. The average Bonchev–Trinajstić information content (AvgIpc) is 3.70. The Morgan fingerprint density at radius 3 is 1.90 bits per heavy atom. The zero-order valence-electron chi connectivity index (χ0n) is 26.9. The summed E-state index contributed by atoms with van der Waals surface area (Å²) >= 11 is 0. The van der Waals surface area contributed by atoms with E-state index in [1.54, 1.807) is 0 Å².